The summed E-state index contributed by atoms with van der Waals surface area (Å²) in [5, 5.41) is 48.3. The predicted octanol–water partition coefficient (Wildman–Crippen LogP) is 3.84. The first-order valence-electron chi connectivity index (χ1n) is 13.7. The monoisotopic (exact) mass is 570 g/mol. The number of rotatable bonds is 10. The van der Waals surface area contributed by atoms with Crippen LogP contribution in [-0.4, -0.2) is 74.9 Å². The van der Waals surface area contributed by atoms with E-state index in [4.69, 9.17) is 19.3 Å². The van der Waals surface area contributed by atoms with Crippen molar-refractivity contribution >= 4 is 5.97 Å². The van der Waals surface area contributed by atoms with E-state index in [2.05, 4.69) is 32.9 Å². The summed E-state index contributed by atoms with van der Waals surface area (Å²) in [6.07, 6.45) is 5.79. The van der Waals surface area contributed by atoms with Gasteiger partial charge in [0.05, 0.1) is 6.61 Å². The maximum absolute atomic E-state index is 10.8. The van der Waals surface area contributed by atoms with Gasteiger partial charge in [-0.3, -0.25) is 0 Å². The number of benzene rings is 1. The largest absolute Gasteiger partial charge is 0.486 e. The Bertz CT molecular complexity index is 1200. The molecule has 1 heterocycles. The molecule has 1 aromatic rings. The zero-order valence-corrected chi connectivity index (χ0v) is 24.2. The normalized spacial score (nSPS) is 29.3. The summed E-state index contributed by atoms with van der Waals surface area (Å²) in [4.78, 5) is 10.8. The van der Waals surface area contributed by atoms with Crippen LogP contribution in [0.4, 0.5) is 0 Å². The molecule has 0 spiro atoms. The highest BCUT2D eigenvalue weighted by Crippen LogP contribution is 2.42. The Kier molecular flexibility index (Phi) is 11.1. The van der Waals surface area contributed by atoms with Crippen LogP contribution in [0.2, 0.25) is 0 Å². The highest BCUT2D eigenvalue weighted by atomic mass is 16.7. The number of hydrogen-bond acceptors (Lipinski definition) is 8. The molecule has 1 fully saturated rings. The number of carboxylic acids is 1. The van der Waals surface area contributed by atoms with Gasteiger partial charge in [0.1, 0.15) is 42.0 Å². The molecule has 3 rings (SSSR count). The van der Waals surface area contributed by atoms with Gasteiger partial charge in [-0.25, -0.2) is 4.79 Å². The fraction of sp³-hybridized carbons (Fsp3) is 0.469. The maximum Gasteiger partial charge on any atom is 0.328 e. The smallest absolute Gasteiger partial charge is 0.328 e. The number of allylic oxidation sites excluding steroid dienone is 8. The molecule has 1 aliphatic carbocycles. The van der Waals surface area contributed by atoms with E-state index >= 15 is 0 Å². The third-order valence-corrected chi connectivity index (χ3v) is 7.45. The zero-order chi connectivity index (χ0) is 30.3. The van der Waals surface area contributed by atoms with Gasteiger partial charge in [-0.05, 0) is 80.0 Å². The lowest BCUT2D eigenvalue weighted by atomic mass is 9.71. The molecule has 1 aromatic carbocycles. The standard InChI is InChI=1S/C32H42O9/c1-19(7-6-8-20(2)17-27(34)35)9-14-24-21(3)25(15-16-32(24,4)5)39-22-10-12-23(13-11-22)40-31-30(38)29(37)28(36)26(18-33)41-31/h6-14,17,25-26,28-31,33,36-38H,15-16,18H2,1-5H3,(H,34,35)/b8-6+,14-9+,19-7+,20-17+/t25?,26-,28-,29+,30-,31?/m1/s1. The number of hydrogen-bond donors (Lipinski definition) is 5. The van der Waals surface area contributed by atoms with E-state index in [-0.39, 0.29) is 11.5 Å². The minimum Gasteiger partial charge on any atom is -0.486 e. The Morgan fingerprint density at radius 1 is 1.00 bits per heavy atom. The summed E-state index contributed by atoms with van der Waals surface area (Å²) in [5.74, 6) is 0.0423. The third-order valence-electron chi connectivity index (χ3n) is 7.45. The number of ether oxygens (including phenoxy) is 3. The second kappa shape index (κ2) is 14.1. The second-order valence-corrected chi connectivity index (χ2v) is 11.2. The van der Waals surface area contributed by atoms with E-state index in [1.807, 2.05) is 19.1 Å². The minimum absolute atomic E-state index is 0.0273. The summed E-state index contributed by atoms with van der Waals surface area (Å²) in [7, 11) is 0. The summed E-state index contributed by atoms with van der Waals surface area (Å²) >= 11 is 0. The van der Waals surface area contributed by atoms with Crippen molar-refractivity contribution in [1.29, 1.82) is 0 Å². The van der Waals surface area contributed by atoms with Gasteiger partial charge in [-0.1, -0.05) is 49.8 Å². The number of aliphatic hydroxyl groups excluding tert-OH is 4. The van der Waals surface area contributed by atoms with Crippen molar-refractivity contribution in [3.63, 3.8) is 0 Å². The van der Waals surface area contributed by atoms with Crippen molar-refractivity contribution in [2.75, 3.05) is 6.61 Å². The Morgan fingerprint density at radius 2 is 1.63 bits per heavy atom. The molecule has 0 amide bonds. The molecule has 6 atom stereocenters. The molecule has 2 unspecified atom stereocenters. The zero-order valence-electron chi connectivity index (χ0n) is 24.2. The summed E-state index contributed by atoms with van der Waals surface area (Å²) in [6.45, 7) is 9.72. The van der Waals surface area contributed by atoms with E-state index in [9.17, 15) is 25.2 Å². The number of carboxylic acid groups (broad SMARTS) is 1. The molecule has 41 heavy (non-hydrogen) atoms. The van der Waals surface area contributed by atoms with Gasteiger partial charge in [0.25, 0.3) is 0 Å². The minimum atomic E-state index is -1.51. The van der Waals surface area contributed by atoms with Crippen molar-refractivity contribution in [3.05, 3.63) is 83.0 Å². The average molecular weight is 571 g/mol. The van der Waals surface area contributed by atoms with Crippen molar-refractivity contribution < 1.29 is 44.5 Å². The number of aliphatic hydroxyl groups is 4. The average Bonchev–Trinajstić information content (AvgIpc) is 2.91. The van der Waals surface area contributed by atoms with Crippen LogP contribution >= 0.6 is 0 Å². The molecule has 0 radical (unpaired) electrons. The Labute approximate surface area is 241 Å². The lowest BCUT2D eigenvalue weighted by Gasteiger charge is -2.39. The molecule has 1 aliphatic heterocycles. The number of carbonyl (C=O) groups is 1. The summed E-state index contributed by atoms with van der Waals surface area (Å²) in [6, 6.07) is 6.83. The van der Waals surface area contributed by atoms with Crippen LogP contribution in [0.25, 0.3) is 0 Å². The van der Waals surface area contributed by atoms with Gasteiger partial charge in [-0.2, -0.15) is 0 Å². The molecular weight excluding hydrogens is 528 g/mol. The lowest BCUT2D eigenvalue weighted by molar-refractivity contribution is -0.277. The molecule has 9 nitrogen and oxygen atoms in total. The highest BCUT2D eigenvalue weighted by molar-refractivity contribution is 5.81. The third kappa shape index (κ3) is 8.64. The Hall–Kier alpha value is -3.21. The van der Waals surface area contributed by atoms with Gasteiger partial charge < -0.3 is 39.7 Å². The topological polar surface area (TPSA) is 146 Å². The SMILES string of the molecule is CC1=C(/C=C/C(C)=C/C=C/C(C)=C/C(=O)O)C(C)(C)CCC1Oc1ccc(OC2O[C@H](CO)[C@@H](O)[C@H](O)[C@H]2O)cc1. The summed E-state index contributed by atoms with van der Waals surface area (Å²) < 4.78 is 17.4. The first-order chi connectivity index (χ1) is 19.3. The quantitative estimate of drug-likeness (QED) is 0.209. The van der Waals surface area contributed by atoms with E-state index in [1.54, 1.807) is 37.3 Å². The Balaban J connectivity index is 1.69. The lowest BCUT2D eigenvalue weighted by Crippen LogP contribution is -2.60. The van der Waals surface area contributed by atoms with Crippen LogP contribution in [0.3, 0.4) is 0 Å². The maximum atomic E-state index is 10.8. The predicted molar refractivity (Wildman–Crippen MR) is 154 cm³/mol. The molecule has 1 saturated heterocycles. The van der Waals surface area contributed by atoms with Crippen LogP contribution in [0, 0.1) is 5.41 Å². The molecule has 2 aliphatic rings. The highest BCUT2D eigenvalue weighted by Gasteiger charge is 2.44. The van der Waals surface area contributed by atoms with E-state index in [1.165, 1.54) is 5.57 Å². The van der Waals surface area contributed by atoms with Gasteiger partial charge >= 0.3 is 5.97 Å². The van der Waals surface area contributed by atoms with E-state index in [0.717, 1.165) is 30.1 Å². The van der Waals surface area contributed by atoms with Gasteiger partial charge in [0.15, 0.2) is 0 Å². The molecule has 5 N–H and O–H groups in total. The molecule has 0 aromatic heterocycles. The van der Waals surface area contributed by atoms with Crippen LogP contribution in [0.5, 0.6) is 11.5 Å². The molecule has 9 heteroatoms. The Morgan fingerprint density at radius 3 is 2.24 bits per heavy atom. The summed E-state index contributed by atoms with van der Waals surface area (Å²) in [5.41, 5.74) is 4.00. The van der Waals surface area contributed by atoms with Crippen molar-refractivity contribution in [1.82, 2.24) is 0 Å². The fourth-order valence-electron chi connectivity index (χ4n) is 4.98. The number of aliphatic carboxylic acids is 1. The molecule has 0 saturated carbocycles. The molecular formula is C32H42O9. The molecule has 224 valence electrons. The van der Waals surface area contributed by atoms with Crippen LogP contribution < -0.4 is 9.47 Å². The second-order valence-electron chi connectivity index (χ2n) is 11.2. The fourth-order valence-corrected chi connectivity index (χ4v) is 4.98. The van der Waals surface area contributed by atoms with Crippen molar-refractivity contribution in [3.8, 4) is 11.5 Å². The van der Waals surface area contributed by atoms with Crippen LogP contribution in [0.1, 0.15) is 47.5 Å². The molecule has 0 bridgehead atoms. The van der Waals surface area contributed by atoms with E-state index in [0.29, 0.717) is 17.1 Å². The van der Waals surface area contributed by atoms with Crippen LogP contribution in [0.15, 0.2) is 83.0 Å². The van der Waals surface area contributed by atoms with Crippen molar-refractivity contribution in [2.45, 2.75) is 84.3 Å². The van der Waals surface area contributed by atoms with E-state index < -0.39 is 43.3 Å². The van der Waals surface area contributed by atoms with Crippen LogP contribution in [-0.2, 0) is 9.53 Å². The first-order valence-corrected chi connectivity index (χ1v) is 13.7. The van der Waals surface area contributed by atoms with Crippen molar-refractivity contribution in [2.24, 2.45) is 5.41 Å². The van der Waals surface area contributed by atoms with Gasteiger partial charge in [0, 0.05) is 6.08 Å². The first kappa shape index (κ1) is 32.3. The van der Waals surface area contributed by atoms with Gasteiger partial charge in [0.2, 0.25) is 6.29 Å². The van der Waals surface area contributed by atoms with Gasteiger partial charge in [-0.15, -0.1) is 0 Å².